The van der Waals surface area contributed by atoms with Crippen molar-refractivity contribution in [1.82, 2.24) is 20.6 Å². The van der Waals surface area contributed by atoms with E-state index in [0.29, 0.717) is 6.54 Å². The molecule has 0 fully saturated rings. The number of nitrogens with one attached hydrogen (secondary N) is 1. The summed E-state index contributed by atoms with van der Waals surface area (Å²) in [5.41, 5.74) is 5.78. The quantitative estimate of drug-likeness (QED) is 0.707. The van der Waals surface area contributed by atoms with Crippen molar-refractivity contribution in [1.29, 1.82) is 0 Å². The molecule has 2 atom stereocenters. The van der Waals surface area contributed by atoms with E-state index in [9.17, 15) is 0 Å². The van der Waals surface area contributed by atoms with E-state index in [1.54, 1.807) is 0 Å². The van der Waals surface area contributed by atoms with Crippen LogP contribution < -0.4 is 5.73 Å². The largest absolute Gasteiger partial charge is 0.330 e. The van der Waals surface area contributed by atoms with Crippen LogP contribution >= 0.6 is 0 Å². The lowest BCUT2D eigenvalue weighted by atomic mass is 9.88. The molecular weight excluding hydrogens is 202 g/mol. The van der Waals surface area contributed by atoms with Crippen molar-refractivity contribution >= 4 is 0 Å². The summed E-state index contributed by atoms with van der Waals surface area (Å²) < 4.78 is 0. The van der Waals surface area contributed by atoms with Crippen molar-refractivity contribution in [3.05, 3.63) is 5.82 Å². The van der Waals surface area contributed by atoms with E-state index in [1.165, 1.54) is 25.7 Å². The molecule has 1 aromatic rings. The van der Waals surface area contributed by atoms with Gasteiger partial charge in [-0.15, -0.1) is 5.10 Å². The Morgan fingerprint density at radius 1 is 1.38 bits per heavy atom. The lowest BCUT2D eigenvalue weighted by molar-refractivity contribution is 0.380. The number of nitrogens with zero attached hydrogens (tertiary/aromatic N) is 3. The van der Waals surface area contributed by atoms with Crippen LogP contribution in [0.25, 0.3) is 0 Å². The number of nitrogens with two attached hydrogens (primary N) is 1. The van der Waals surface area contributed by atoms with Gasteiger partial charge in [-0.05, 0) is 22.8 Å². The summed E-state index contributed by atoms with van der Waals surface area (Å²) in [4.78, 5) is 0. The van der Waals surface area contributed by atoms with Gasteiger partial charge in [0.05, 0.1) is 0 Å². The Labute approximate surface area is 97.2 Å². The first-order chi connectivity index (χ1) is 7.81. The van der Waals surface area contributed by atoms with Crippen LogP contribution in [0.15, 0.2) is 0 Å². The lowest BCUT2D eigenvalue weighted by Crippen LogP contribution is -2.18. The van der Waals surface area contributed by atoms with Gasteiger partial charge in [-0.25, -0.2) is 5.10 Å². The van der Waals surface area contributed by atoms with Crippen molar-refractivity contribution in [3.63, 3.8) is 0 Å². The van der Waals surface area contributed by atoms with E-state index in [4.69, 9.17) is 5.73 Å². The lowest BCUT2D eigenvalue weighted by Gasteiger charge is -2.19. The zero-order valence-electron chi connectivity index (χ0n) is 10.3. The predicted molar refractivity (Wildman–Crippen MR) is 63.9 cm³/mol. The van der Waals surface area contributed by atoms with Gasteiger partial charge in [-0.2, -0.15) is 0 Å². The van der Waals surface area contributed by atoms with Gasteiger partial charge < -0.3 is 5.73 Å². The summed E-state index contributed by atoms with van der Waals surface area (Å²) in [5.74, 6) is 1.84. The summed E-state index contributed by atoms with van der Waals surface area (Å²) in [6, 6.07) is 0. The van der Waals surface area contributed by atoms with Crippen molar-refractivity contribution < 1.29 is 0 Å². The van der Waals surface area contributed by atoms with Crippen LogP contribution in [0.5, 0.6) is 0 Å². The van der Waals surface area contributed by atoms with E-state index in [0.717, 1.165) is 18.2 Å². The fourth-order valence-corrected chi connectivity index (χ4v) is 2.04. The number of aromatic nitrogens is 4. The standard InChI is InChI=1S/C11H23N5/c1-3-5-6-9(4-2)7-10(8-12)11-13-15-16-14-11/h9-10H,3-8,12H2,1-2H3,(H,13,14,15,16). The Morgan fingerprint density at radius 2 is 2.19 bits per heavy atom. The van der Waals surface area contributed by atoms with Gasteiger partial charge in [0.25, 0.3) is 0 Å². The Hall–Kier alpha value is -0.970. The Balaban J connectivity index is 2.47. The third-order valence-electron chi connectivity index (χ3n) is 3.19. The average Bonchev–Trinajstić information content (AvgIpc) is 2.83. The smallest absolute Gasteiger partial charge is 0.152 e. The molecule has 5 heteroatoms. The minimum atomic E-state index is 0.275. The van der Waals surface area contributed by atoms with Gasteiger partial charge in [-0.1, -0.05) is 39.5 Å². The molecule has 1 heterocycles. The molecule has 0 aliphatic carbocycles. The fraction of sp³-hybridized carbons (Fsp3) is 0.909. The molecule has 1 aromatic heterocycles. The van der Waals surface area contributed by atoms with Gasteiger partial charge in [-0.3, -0.25) is 0 Å². The highest BCUT2D eigenvalue weighted by atomic mass is 15.5. The van der Waals surface area contributed by atoms with Crippen LogP contribution in [0.1, 0.15) is 57.7 Å². The third-order valence-corrected chi connectivity index (χ3v) is 3.19. The molecule has 0 radical (unpaired) electrons. The molecule has 2 unspecified atom stereocenters. The highest BCUT2D eigenvalue weighted by Gasteiger charge is 2.18. The normalized spacial score (nSPS) is 14.9. The molecule has 5 nitrogen and oxygen atoms in total. The van der Waals surface area contributed by atoms with Crippen molar-refractivity contribution in [2.75, 3.05) is 6.54 Å². The Kier molecular flexibility index (Phi) is 6.00. The fourth-order valence-electron chi connectivity index (χ4n) is 2.04. The maximum absolute atomic E-state index is 5.78. The van der Waals surface area contributed by atoms with Crippen LogP contribution in [0.3, 0.4) is 0 Å². The van der Waals surface area contributed by atoms with Crippen molar-refractivity contribution in [2.45, 2.75) is 51.9 Å². The molecular formula is C11H23N5. The van der Waals surface area contributed by atoms with E-state index < -0.39 is 0 Å². The van der Waals surface area contributed by atoms with Crippen LogP contribution in [0.4, 0.5) is 0 Å². The molecule has 0 amide bonds. The van der Waals surface area contributed by atoms with Gasteiger partial charge in [0.1, 0.15) is 0 Å². The first-order valence-electron chi connectivity index (χ1n) is 6.25. The van der Waals surface area contributed by atoms with Crippen LogP contribution in [-0.2, 0) is 0 Å². The van der Waals surface area contributed by atoms with Crippen molar-refractivity contribution in [2.24, 2.45) is 11.7 Å². The summed E-state index contributed by atoms with van der Waals surface area (Å²) in [5, 5.41) is 14.0. The van der Waals surface area contributed by atoms with E-state index in [2.05, 4.69) is 34.5 Å². The highest BCUT2D eigenvalue weighted by Crippen LogP contribution is 2.25. The van der Waals surface area contributed by atoms with E-state index in [1.807, 2.05) is 0 Å². The van der Waals surface area contributed by atoms with Gasteiger partial charge in [0.2, 0.25) is 0 Å². The molecule has 3 N–H and O–H groups in total. The van der Waals surface area contributed by atoms with Gasteiger partial charge in [0, 0.05) is 12.5 Å². The summed E-state index contributed by atoms with van der Waals surface area (Å²) >= 11 is 0. The Bertz CT molecular complexity index is 259. The number of hydrogen-bond acceptors (Lipinski definition) is 4. The SMILES string of the molecule is CCCCC(CC)CC(CN)c1nnn[nH]1. The van der Waals surface area contributed by atoms with Crippen LogP contribution in [0, 0.1) is 5.92 Å². The molecule has 0 bridgehead atoms. The first kappa shape index (κ1) is 13.1. The Morgan fingerprint density at radius 3 is 2.69 bits per heavy atom. The van der Waals surface area contributed by atoms with Crippen molar-refractivity contribution in [3.8, 4) is 0 Å². The number of tetrazole rings is 1. The second-order valence-electron chi connectivity index (χ2n) is 4.37. The zero-order chi connectivity index (χ0) is 11.8. The van der Waals surface area contributed by atoms with E-state index in [-0.39, 0.29) is 5.92 Å². The number of rotatable bonds is 8. The molecule has 0 spiro atoms. The highest BCUT2D eigenvalue weighted by molar-refractivity contribution is 4.92. The average molecular weight is 225 g/mol. The molecule has 1 rings (SSSR count). The minimum Gasteiger partial charge on any atom is -0.330 e. The topological polar surface area (TPSA) is 80.5 Å². The number of aromatic amines is 1. The molecule has 0 aromatic carbocycles. The molecule has 0 saturated heterocycles. The monoisotopic (exact) mass is 225 g/mol. The summed E-state index contributed by atoms with van der Waals surface area (Å²) in [7, 11) is 0. The van der Waals surface area contributed by atoms with Crippen LogP contribution in [0.2, 0.25) is 0 Å². The molecule has 0 aliphatic heterocycles. The summed E-state index contributed by atoms with van der Waals surface area (Å²) in [6.45, 7) is 5.08. The molecule has 92 valence electrons. The second kappa shape index (κ2) is 7.33. The minimum absolute atomic E-state index is 0.275. The second-order valence-corrected chi connectivity index (χ2v) is 4.37. The predicted octanol–water partition coefficient (Wildman–Crippen LogP) is 1.85. The van der Waals surface area contributed by atoms with Gasteiger partial charge in [0.15, 0.2) is 5.82 Å². The van der Waals surface area contributed by atoms with Crippen LogP contribution in [-0.4, -0.2) is 27.2 Å². The zero-order valence-corrected chi connectivity index (χ0v) is 10.3. The molecule has 0 aliphatic rings. The first-order valence-corrected chi connectivity index (χ1v) is 6.25. The number of hydrogen-bond donors (Lipinski definition) is 2. The van der Waals surface area contributed by atoms with Gasteiger partial charge >= 0.3 is 0 Å². The maximum atomic E-state index is 5.78. The molecule has 16 heavy (non-hydrogen) atoms. The molecule has 0 saturated carbocycles. The van der Waals surface area contributed by atoms with E-state index >= 15 is 0 Å². The third kappa shape index (κ3) is 3.89. The number of unbranched alkanes of at least 4 members (excludes halogenated alkanes) is 1. The maximum Gasteiger partial charge on any atom is 0.152 e. The number of H-pyrrole nitrogens is 1. The summed E-state index contributed by atoms with van der Waals surface area (Å²) in [6.07, 6.45) is 6.13.